The van der Waals surface area contributed by atoms with Crippen LogP contribution in [0.15, 0.2) is 60.1 Å². The molecule has 0 amide bonds. The molecule has 0 saturated carbocycles. The summed E-state index contributed by atoms with van der Waals surface area (Å²) in [7, 11) is 0. The van der Waals surface area contributed by atoms with Gasteiger partial charge in [-0.25, -0.2) is 8.78 Å². The zero-order valence-corrected chi connectivity index (χ0v) is 13.2. The molecule has 0 aromatic carbocycles. The second-order valence-corrected chi connectivity index (χ2v) is 4.98. The van der Waals surface area contributed by atoms with Crippen LogP contribution in [-0.2, 0) is 0 Å². The van der Waals surface area contributed by atoms with Gasteiger partial charge in [0.15, 0.2) is 0 Å². The Labute approximate surface area is 126 Å². The third-order valence-corrected chi connectivity index (χ3v) is 3.20. The van der Waals surface area contributed by atoms with Crippen LogP contribution in [0.25, 0.3) is 0 Å². The summed E-state index contributed by atoms with van der Waals surface area (Å²) in [4.78, 5) is 0. The molecule has 5 heteroatoms. The second-order valence-electron chi connectivity index (χ2n) is 4.98. The number of halogens is 2. The largest absolute Gasteiger partial charge is 0.359 e. The fraction of sp³-hybridized carbons (Fsp3) is 0.375. The van der Waals surface area contributed by atoms with Crippen LogP contribution in [0, 0.1) is 5.92 Å². The lowest BCUT2D eigenvalue weighted by molar-refractivity contribution is 0.0658. The van der Waals surface area contributed by atoms with Gasteiger partial charge in [0, 0.05) is 35.5 Å². The Morgan fingerprint density at radius 2 is 1.76 bits per heavy atom. The molecule has 0 aliphatic carbocycles. The van der Waals surface area contributed by atoms with Crippen LogP contribution in [0.5, 0.6) is 0 Å². The first-order chi connectivity index (χ1) is 9.54. The minimum Gasteiger partial charge on any atom is -0.359 e. The Morgan fingerprint density at radius 3 is 2.14 bits per heavy atom. The molecule has 4 N–H and O–H groups in total. The molecule has 0 aliphatic rings. The topological polar surface area (TPSA) is 50.1 Å². The fourth-order valence-electron chi connectivity index (χ4n) is 1.60. The van der Waals surface area contributed by atoms with Crippen LogP contribution in [-0.4, -0.2) is 5.92 Å². The van der Waals surface area contributed by atoms with Gasteiger partial charge in [-0.2, -0.15) is 0 Å². The number of hydrogen-bond donors (Lipinski definition) is 3. The molecule has 0 bridgehead atoms. The minimum atomic E-state index is -2.95. The molecule has 1 unspecified atom stereocenters. The first-order valence-corrected chi connectivity index (χ1v) is 6.58. The van der Waals surface area contributed by atoms with Crippen molar-refractivity contribution in [1.29, 1.82) is 0 Å². The van der Waals surface area contributed by atoms with Gasteiger partial charge >= 0.3 is 0 Å². The SMILES string of the molecule is C=C(/C=C(\C(C)=C/C)C(C)(F)F)NC(=C)C(C)C(=C)NN. The monoisotopic (exact) mass is 297 g/mol. The van der Waals surface area contributed by atoms with Crippen molar-refractivity contribution in [3.05, 3.63) is 60.1 Å². The summed E-state index contributed by atoms with van der Waals surface area (Å²) < 4.78 is 27.2. The summed E-state index contributed by atoms with van der Waals surface area (Å²) in [6.07, 6.45) is 2.96. The average molecular weight is 297 g/mol. The van der Waals surface area contributed by atoms with E-state index in [1.165, 1.54) is 6.08 Å². The maximum atomic E-state index is 13.6. The molecule has 0 aliphatic heterocycles. The normalized spacial score (nSPS) is 14.4. The second kappa shape index (κ2) is 7.78. The highest BCUT2D eigenvalue weighted by Crippen LogP contribution is 2.30. The van der Waals surface area contributed by atoms with E-state index in [-0.39, 0.29) is 11.5 Å². The third-order valence-electron chi connectivity index (χ3n) is 3.20. The lowest BCUT2D eigenvalue weighted by atomic mass is 10.00. The molecule has 0 saturated heterocycles. The first kappa shape index (κ1) is 19.1. The molecule has 0 spiro atoms. The average Bonchev–Trinajstić information content (AvgIpc) is 2.40. The van der Waals surface area contributed by atoms with Gasteiger partial charge in [0.1, 0.15) is 0 Å². The quantitative estimate of drug-likeness (QED) is 0.363. The van der Waals surface area contributed by atoms with Crippen molar-refractivity contribution in [3.63, 3.8) is 0 Å². The molecule has 118 valence electrons. The molecular weight excluding hydrogens is 272 g/mol. The van der Waals surface area contributed by atoms with E-state index in [4.69, 9.17) is 5.84 Å². The van der Waals surface area contributed by atoms with Crippen LogP contribution in [0.4, 0.5) is 8.78 Å². The van der Waals surface area contributed by atoms with Crippen molar-refractivity contribution in [2.75, 3.05) is 0 Å². The maximum absolute atomic E-state index is 13.6. The van der Waals surface area contributed by atoms with Gasteiger partial charge in [-0.15, -0.1) is 0 Å². The van der Waals surface area contributed by atoms with Gasteiger partial charge in [0.25, 0.3) is 5.92 Å². The fourth-order valence-corrected chi connectivity index (χ4v) is 1.60. The summed E-state index contributed by atoms with van der Waals surface area (Å²) in [5.41, 5.74) is 4.31. The number of hydrazine groups is 1. The highest BCUT2D eigenvalue weighted by molar-refractivity contribution is 5.39. The van der Waals surface area contributed by atoms with Gasteiger partial charge in [-0.1, -0.05) is 32.7 Å². The van der Waals surface area contributed by atoms with E-state index in [2.05, 4.69) is 30.5 Å². The highest BCUT2D eigenvalue weighted by Gasteiger charge is 2.28. The van der Waals surface area contributed by atoms with Gasteiger partial charge < -0.3 is 10.7 Å². The molecule has 0 heterocycles. The van der Waals surface area contributed by atoms with E-state index in [9.17, 15) is 8.78 Å². The Bertz CT molecular complexity index is 482. The number of alkyl halides is 2. The summed E-state index contributed by atoms with van der Waals surface area (Å²) in [5.74, 6) is 2.16. The number of nitrogens with one attached hydrogen (secondary N) is 2. The Morgan fingerprint density at radius 1 is 1.24 bits per heavy atom. The number of allylic oxidation sites excluding steroid dienone is 4. The molecule has 3 nitrogen and oxygen atoms in total. The van der Waals surface area contributed by atoms with Crippen LogP contribution in [0.3, 0.4) is 0 Å². The Kier molecular flexibility index (Phi) is 7.09. The van der Waals surface area contributed by atoms with Crippen LogP contribution in [0.2, 0.25) is 0 Å². The number of rotatable bonds is 8. The summed E-state index contributed by atoms with van der Waals surface area (Å²) in [6, 6.07) is 0. The first-order valence-electron chi connectivity index (χ1n) is 6.58. The molecular formula is C16H25F2N3. The minimum absolute atomic E-state index is 0.0845. The van der Waals surface area contributed by atoms with E-state index in [1.807, 2.05) is 6.92 Å². The third kappa shape index (κ3) is 5.95. The molecule has 21 heavy (non-hydrogen) atoms. The van der Waals surface area contributed by atoms with Crippen molar-refractivity contribution in [1.82, 2.24) is 10.7 Å². The molecule has 0 aromatic rings. The van der Waals surface area contributed by atoms with Gasteiger partial charge in [-0.3, -0.25) is 5.84 Å². The Hall–Kier alpha value is -1.88. The van der Waals surface area contributed by atoms with Crippen molar-refractivity contribution in [2.45, 2.75) is 33.6 Å². The standard InChI is InChI=1S/C16H25F2N3/c1-8-10(2)15(16(7,17)18)9-11(3)20-13(5)12(4)14(6)21-19/h8-9,12,20-21H,3,5-6,19H2,1-2,4,7H3/b10-8-,15-9+. The lowest BCUT2D eigenvalue weighted by Gasteiger charge is -2.21. The van der Waals surface area contributed by atoms with Crippen molar-refractivity contribution < 1.29 is 8.78 Å². The van der Waals surface area contributed by atoms with Crippen LogP contribution in [0.1, 0.15) is 27.7 Å². The Balaban J connectivity index is 5.13. The highest BCUT2D eigenvalue weighted by atomic mass is 19.3. The van der Waals surface area contributed by atoms with E-state index in [1.54, 1.807) is 19.9 Å². The van der Waals surface area contributed by atoms with E-state index in [0.29, 0.717) is 22.7 Å². The molecule has 0 radical (unpaired) electrons. The smallest absolute Gasteiger partial charge is 0.270 e. The van der Waals surface area contributed by atoms with Gasteiger partial charge in [-0.05, 0) is 25.5 Å². The van der Waals surface area contributed by atoms with Crippen LogP contribution < -0.4 is 16.6 Å². The summed E-state index contributed by atoms with van der Waals surface area (Å²) in [6.45, 7) is 17.3. The zero-order valence-electron chi connectivity index (χ0n) is 13.2. The van der Waals surface area contributed by atoms with Gasteiger partial charge in [0.05, 0.1) is 0 Å². The molecule has 0 aromatic heterocycles. The summed E-state index contributed by atoms with van der Waals surface area (Å²) in [5, 5.41) is 2.89. The molecule has 0 fully saturated rings. The van der Waals surface area contributed by atoms with E-state index >= 15 is 0 Å². The summed E-state index contributed by atoms with van der Waals surface area (Å²) >= 11 is 0. The predicted molar refractivity (Wildman–Crippen MR) is 85.2 cm³/mol. The van der Waals surface area contributed by atoms with Crippen molar-refractivity contribution in [3.8, 4) is 0 Å². The van der Waals surface area contributed by atoms with Crippen LogP contribution >= 0.6 is 0 Å². The van der Waals surface area contributed by atoms with Gasteiger partial charge in [0.2, 0.25) is 0 Å². The lowest BCUT2D eigenvalue weighted by Crippen LogP contribution is -2.28. The zero-order chi connectivity index (χ0) is 16.8. The van der Waals surface area contributed by atoms with E-state index in [0.717, 1.165) is 6.92 Å². The molecule has 0 rings (SSSR count). The van der Waals surface area contributed by atoms with E-state index < -0.39 is 5.92 Å². The molecule has 1 atom stereocenters. The maximum Gasteiger partial charge on any atom is 0.270 e. The van der Waals surface area contributed by atoms with Crippen molar-refractivity contribution in [2.24, 2.45) is 11.8 Å². The number of hydrogen-bond acceptors (Lipinski definition) is 3. The van der Waals surface area contributed by atoms with Crippen molar-refractivity contribution >= 4 is 0 Å². The predicted octanol–water partition coefficient (Wildman–Crippen LogP) is 3.76. The number of nitrogens with two attached hydrogens (primary N) is 1.